The molecular weight excluding hydrogens is 351 g/mol. The van der Waals surface area contributed by atoms with Gasteiger partial charge in [-0.3, -0.25) is 10.1 Å². The van der Waals surface area contributed by atoms with Crippen LogP contribution in [0.25, 0.3) is 0 Å². The third-order valence-electron chi connectivity index (χ3n) is 4.75. The van der Waals surface area contributed by atoms with Crippen molar-refractivity contribution >= 4 is 34.6 Å². The van der Waals surface area contributed by atoms with Crippen molar-refractivity contribution in [2.45, 2.75) is 18.8 Å². The SMILES string of the molecule is [2H]C1Nc2ccc(Oc3c(Cl)cc([N+](=O)[O-])cc3Cl)cc2C12CC2C. The molecule has 1 N–H and O–H groups in total. The maximum absolute atomic E-state index is 10.9. The van der Waals surface area contributed by atoms with Gasteiger partial charge in [-0.15, -0.1) is 0 Å². The van der Waals surface area contributed by atoms with Crippen molar-refractivity contribution in [1.82, 2.24) is 0 Å². The molecule has 124 valence electrons. The molecule has 24 heavy (non-hydrogen) atoms. The molecule has 1 aliphatic heterocycles. The average molecular weight is 366 g/mol. The zero-order chi connectivity index (χ0) is 17.9. The number of nitro groups is 1. The van der Waals surface area contributed by atoms with Crippen molar-refractivity contribution in [3.05, 3.63) is 56.1 Å². The number of hydrogen-bond acceptors (Lipinski definition) is 4. The Labute approximate surface area is 150 Å². The van der Waals surface area contributed by atoms with Crippen molar-refractivity contribution in [2.24, 2.45) is 5.92 Å². The number of nitrogens with one attached hydrogen (secondary N) is 1. The van der Waals surface area contributed by atoms with Crippen LogP contribution in [0.1, 0.15) is 20.3 Å². The molecule has 3 unspecified atom stereocenters. The molecule has 1 aliphatic carbocycles. The number of non-ortho nitro benzene ring substituents is 1. The Morgan fingerprint density at radius 2 is 2.04 bits per heavy atom. The highest BCUT2D eigenvalue weighted by Gasteiger charge is 2.55. The molecule has 5 nitrogen and oxygen atoms in total. The van der Waals surface area contributed by atoms with E-state index in [2.05, 4.69) is 12.2 Å². The molecule has 2 aromatic carbocycles. The van der Waals surface area contributed by atoms with E-state index in [0.29, 0.717) is 11.7 Å². The molecule has 1 saturated carbocycles. The minimum absolute atomic E-state index is 0.0747. The maximum atomic E-state index is 10.9. The summed E-state index contributed by atoms with van der Waals surface area (Å²) < 4.78 is 14.1. The molecule has 7 heteroatoms. The second kappa shape index (κ2) is 5.26. The summed E-state index contributed by atoms with van der Waals surface area (Å²) in [4.78, 5) is 10.3. The first-order chi connectivity index (χ1) is 11.8. The quantitative estimate of drug-likeness (QED) is 0.584. The number of hydrogen-bond donors (Lipinski definition) is 1. The molecule has 0 aromatic heterocycles. The molecule has 1 fully saturated rings. The van der Waals surface area contributed by atoms with E-state index in [-0.39, 0.29) is 33.4 Å². The van der Waals surface area contributed by atoms with Crippen LogP contribution in [-0.2, 0) is 5.41 Å². The van der Waals surface area contributed by atoms with Gasteiger partial charge in [-0.2, -0.15) is 0 Å². The Morgan fingerprint density at radius 1 is 1.38 bits per heavy atom. The number of rotatable bonds is 3. The zero-order valence-electron chi connectivity index (χ0n) is 13.7. The Hall–Kier alpha value is -1.98. The van der Waals surface area contributed by atoms with Crippen LogP contribution >= 0.6 is 23.2 Å². The van der Waals surface area contributed by atoms with Crippen molar-refractivity contribution in [3.63, 3.8) is 0 Å². The van der Waals surface area contributed by atoms with Gasteiger partial charge in [0, 0.05) is 31.1 Å². The van der Waals surface area contributed by atoms with Gasteiger partial charge in [-0.25, -0.2) is 0 Å². The summed E-state index contributed by atoms with van der Waals surface area (Å²) in [5.41, 5.74) is 1.64. The van der Waals surface area contributed by atoms with Crippen LogP contribution < -0.4 is 10.1 Å². The topological polar surface area (TPSA) is 64.4 Å². The standard InChI is InChI=1S/C17H14Cl2N2O3/c1-9-7-17(9)8-20-15-3-2-11(6-12(15)17)24-16-13(18)4-10(21(22)23)5-14(16)19/h2-6,9,20H,7-8H2,1H3/i8D. The first-order valence-electron chi connectivity index (χ1n) is 8.05. The van der Waals surface area contributed by atoms with Gasteiger partial charge in [-0.1, -0.05) is 30.1 Å². The zero-order valence-corrected chi connectivity index (χ0v) is 14.2. The van der Waals surface area contributed by atoms with E-state index in [0.717, 1.165) is 17.7 Å². The summed E-state index contributed by atoms with van der Waals surface area (Å²) in [6.07, 6.45) is 0.962. The summed E-state index contributed by atoms with van der Waals surface area (Å²) in [5.74, 6) is 1.15. The smallest absolute Gasteiger partial charge is 0.272 e. The van der Waals surface area contributed by atoms with Crippen LogP contribution in [0.4, 0.5) is 11.4 Å². The molecule has 0 amide bonds. The maximum Gasteiger partial charge on any atom is 0.272 e. The van der Waals surface area contributed by atoms with E-state index in [9.17, 15) is 10.1 Å². The Balaban J connectivity index is 1.69. The monoisotopic (exact) mass is 365 g/mol. The molecular formula is C17H14Cl2N2O3. The van der Waals surface area contributed by atoms with Crippen LogP contribution in [0.2, 0.25) is 10.0 Å². The number of ether oxygens (including phenoxy) is 1. The number of anilines is 1. The average Bonchev–Trinajstić information content (AvgIpc) is 3.15. The van der Waals surface area contributed by atoms with E-state index in [1.165, 1.54) is 12.1 Å². The van der Waals surface area contributed by atoms with Crippen LogP contribution in [0.5, 0.6) is 11.5 Å². The van der Waals surface area contributed by atoms with Gasteiger partial charge in [0.15, 0.2) is 5.75 Å². The second-order valence-corrected chi connectivity index (χ2v) is 7.05. The summed E-state index contributed by atoms with van der Waals surface area (Å²) in [7, 11) is 0. The van der Waals surface area contributed by atoms with E-state index in [1.807, 2.05) is 12.1 Å². The minimum atomic E-state index is -0.560. The van der Waals surface area contributed by atoms with Crippen LogP contribution in [-0.4, -0.2) is 11.4 Å². The summed E-state index contributed by atoms with van der Waals surface area (Å²) >= 11 is 12.2. The lowest BCUT2D eigenvalue weighted by atomic mass is 9.96. The largest absolute Gasteiger partial charge is 0.454 e. The number of nitro benzene ring substituents is 1. The minimum Gasteiger partial charge on any atom is -0.454 e. The second-order valence-electron chi connectivity index (χ2n) is 6.24. The fraction of sp³-hybridized carbons (Fsp3) is 0.294. The number of nitrogens with zero attached hydrogens (tertiary/aromatic N) is 1. The van der Waals surface area contributed by atoms with E-state index in [4.69, 9.17) is 29.3 Å². The first-order valence-corrected chi connectivity index (χ1v) is 8.23. The molecule has 1 spiro atoms. The van der Waals surface area contributed by atoms with Crippen molar-refractivity contribution in [3.8, 4) is 11.5 Å². The lowest BCUT2D eigenvalue weighted by Gasteiger charge is -2.13. The predicted molar refractivity (Wildman–Crippen MR) is 93.6 cm³/mol. The van der Waals surface area contributed by atoms with Gasteiger partial charge in [0.25, 0.3) is 5.69 Å². The number of halogens is 2. The Kier molecular flexibility index (Phi) is 3.15. The molecule has 0 saturated heterocycles. The number of benzene rings is 2. The highest BCUT2D eigenvalue weighted by Crippen LogP contribution is 2.59. The summed E-state index contributed by atoms with van der Waals surface area (Å²) in [6, 6.07) is 7.95. The lowest BCUT2D eigenvalue weighted by Crippen LogP contribution is -2.11. The van der Waals surface area contributed by atoms with E-state index < -0.39 is 4.92 Å². The van der Waals surface area contributed by atoms with Gasteiger partial charge < -0.3 is 10.1 Å². The molecule has 3 atom stereocenters. The van der Waals surface area contributed by atoms with Crippen LogP contribution in [0, 0.1) is 16.0 Å². The number of fused-ring (bicyclic) bond motifs is 2. The highest BCUT2D eigenvalue weighted by molar-refractivity contribution is 6.37. The van der Waals surface area contributed by atoms with Crippen LogP contribution in [0.15, 0.2) is 30.3 Å². The van der Waals surface area contributed by atoms with Gasteiger partial charge in [0.1, 0.15) is 5.75 Å². The fourth-order valence-electron chi connectivity index (χ4n) is 3.27. The third kappa shape index (κ3) is 2.31. The summed E-state index contributed by atoms with van der Waals surface area (Å²) in [5, 5.41) is 14.2. The van der Waals surface area contributed by atoms with Gasteiger partial charge in [0.05, 0.1) is 15.0 Å². The summed E-state index contributed by atoms with van der Waals surface area (Å²) in [6.45, 7) is 1.77. The van der Waals surface area contributed by atoms with Gasteiger partial charge in [-0.05, 0) is 36.1 Å². The third-order valence-corrected chi connectivity index (χ3v) is 5.32. The first kappa shape index (κ1) is 14.4. The normalized spacial score (nSPS) is 27.4. The molecule has 0 radical (unpaired) electrons. The van der Waals surface area contributed by atoms with E-state index in [1.54, 1.807) is 6.07 Å². The van der Waals surface area contributed by atoms with Crippen LogP contribution in [0.3, 0.4) is 0 Å². The Morgan fingerprint density at radius 3 is 2.62 bits per heavy atom. The van der Waals surface area contributed by atoms with Crippen molar-refractivity contribution in [1.29, 1.82) is 0 Å². The lowest BCUT2D eigenvalue weighted by molar-refractivity contribution is -0.384. The van der Waals surface area contributed by atoms with Gasteiger partial charge >= 0.3 is 0 Å². The van der Waals surface area contributed by atoms with E-state index >= 15 is 0 Å². The molecule has 1 heterocycles. The fourth-order valence-corrected chi connectivity index (χ4v) is 3.83. The predicted octanol–water partition coefficient (Wildman–Crippen LogP) is 5.40. The molecule has 0 bridgehead atoms. The van der Waals surface area contributed by atoms with Crippen molar-refractivity contribution in [2.75, 3.05) is 11.8 Å². The van der Waals surface area contributed by atoms with Crippen molar-refractivity contribution < 1.29 is 11.0 Å². The van der Waals surface area contributed by atoms with Gasteiger partial charge in [0.2, 0.25) is 0 Å². The Bertz CT molecular complexity index is 884. The highest BCUT2D eigenvalue weighted by atomic mass is 35.5. The molecule has 4 rings (SSSR count). The molecule has 2 aliphatic rings. The molecule has 2 aromatic rings.